The summed E-state index contributed by atoms with van der Waals surface area (Å²) in [7, 11) is -3.57. The molecular weight excluding hydrogens is 360 g/mol. The van der Waals surface area contributed by atoms with Gasteiger partial charge in [0.25, 0.3) is 0 Å². The summed E-state index contributed by atoms with van der Waals surface area (Å²) in [4.78, 5) is 12.7. The van der Waals surface area contributed by atoms with E-state index in [0.29, 0.717) is 5.69 Å². The van der Waals surface area contributed by atoms with Gasteiger partial charge in [-0.2, -0.15) is 0 Å². The van der Waals surface area contributed by atoms with Crippen LogP contribution >= 0.6 is 0 Å². The number of nitrogens with zero attached hydrogens (tertiary/aromatic N) is 1. The van der Waals surface area contributed by atoms with Crippen molar-refractivity contribution >= 4 is 21.6 Å². The number of hydrogen-bond acceptors (Lipinski definition) is 3. The molecule has 0 saturated heterocycles. The van der Waals surface area contributed by atoms with Gasteiger partial charge in [-0.3, -0.25) is 9.10 Å². The molecule has 1 N–H and O–H groups in total. The molecule has 0 aliphatic heterocycles. The van der Waals surface area contributed by atoms with E-state index in [1.54, 1.807) is 12.1 Å². The number of carbonyl (C=O) groups excluding carboxylic acids is 1. The van der Waals surface area contributed by atoms with Crippen LogP contribution in [0.5, 0.6) is 0 Å². The second-order valence-corrected chi connectivity index (χ2v) is 9.16. The molecule has 3 rings (SSSR count). The Morgan fingerprint density at radius 2 is 1.89 bits per heavy atom. The number of nitrogens with one attached hydrogen (secondary N) is 1. The monoisotopic (exact) mass is 386 g/mol. The number of anilines is 1. The summed E-state index contributed by atoms with van der Waals surface area (Å²) in [6.07, 6.45) is 4.02. The normalized spacial score (nSPS) is 16.5. The Balaban J connectivity index is 1.79. The lowest BCUT2D eigenvalue weighted by atomic mass is 9.88. The van der Waals surface area contributed by atoms with Crippen LogP contribution in [-0.2, 0) is 21.2 Å². The van der Waals surface area contributed by atoms with E-state index in [9.17, 15) is 13.2 Å². The zero-order valence-corrected chi connectivity index (χ0v) is 16.8. The highest BCUT2D eigenvalue weighted by Gasteiger charge is 2.25. The minimum Gasteiger partial charge on any atom is -0.348 e. The van der Waals surface area contributed by atoms with E-state index in [4.69, 9.17) is 0 Å². The van der Waals surface area contributed by atoms with Gasteiger partial charge in [0.15, 0.2) is 0 Å². The van der Waals surface area contributed by atoms with E-state index in [2.05, 4.69) is 11.4 Å². The first-order valence-corrected chi connectivity index (χ1v) is 11.0. The Kier molecular flexibility index (Phi) is 5.56. The summed E-state index contributed by atoms with van der Waals surface area (Å²) in [5.41, 5.74) is 4.97. The van der Waals surface area contributed by atoms with Crippen molar-refractivity contribution in [2.75, 3.05) is 17.1 Å². The highest BCUT2D eigenvalue weighted by molar-refractivity contribution is 7.92. The second-order valence-electron chi connectivity index (χ2n) is 7.25. The fraction of sp³-hybridized carbons (Fsp3) is 0.381. The molecule has 27 heavy (non-hydrogen) atoms. The van der Waals surface area contributed by atoms with Crippen molar-refractivity contribution in [2.24, 2.45) is 0 Å². The highest BCUT2D eigenvalue weighted by Crippen LogP contribution is 2.29. The Morgan fingerprint density at radius 1 is 1.15 bits per heavy atom. The summed E-state index contributed by atoms with van der Waals surface area (Å²) < 4.78 is 25.8. The maximum Gasteiger partial charge on any atom is 0.241 e. The molecule has 1 unspecified atom stereocenters. The van der Waals surface area contributed by atoms with Crippen molar-refractivity contribution in [1.82, 2.24) is 5.32 Å². The van der Waals surface area contributed by atoms with Crippen molar-refractivity contribution in [2.45, 2.75) is 39.2 Å². The maximum atomic E-state index is 12.7. The zero-order chi connectivity index (χ0) is 19.6. The minimum absolute atomic E-state index is 0.0661. The SMILES string of the molecule is Cc1ccc(N(CC(=O)NC2CCCc3ccccc32)S(C)(=O)=O)cc1C. The Morgan fingerprint density at radius 3 is 2.59 bits per heavy atom. The number of amides is 1. The molecule has 1 amide bonds. The minimum atomic E-state index is -3.57. The molecule has 1 atom stereocenters. The largest absolute Gasteiger partial charge is 0.348 e. The fourth-order valence-electron chi connectivity index (χ4n) is 3.56. The Labute approximate surface area is 161 Å². The maximum absolute atomic E-state index is 12.7. The number of hydrogen-bond donors (Lipinski definition) is 1. The van der Waals surface area contributed by atoms with E-state index in [-0.39, 0.29) is 18.5 Å². The van der Waals surface area contributed by atoms with Gasteiger partial charge in [0, 0.05) is 0 Å². The molecule has 2 aromatic rings. The standard InChI is InChI=1S/C21H26N2O3S/c1-15-11-12-18(13-16(15)2)23(27(3,25)26)14-21(24)22-20-10-6-8-17-7-4-5-9-19(17)20/h4-5,7,9,11-13,20H,6,8,10,14H2,1-3H3,(H,22,24). The second kappa shape index (κ2) is 7.72. The summed E-state index contributed by atoms with van der Waals surface area (Å²) in [6, 6.07) is 13.5. The molecule has 0 radical (unpaired) electrons. The first kappa shape index (κ1) is 19.4. The number of carbonyl (C=O) groups is 1. The summed E-state index contributed by atoms with van der Waals surface area (Å²) in [5.74, 6) is -0.291. The van der Waals surface area contributed by atoms with Gasteiger partial charge in [-0.15, -0.1) is 0 Å². The molecule has 2 aromatic carbocycles. The molecule has 0 aromatic heterocycles. The summed E-state index contributed by atoms with van der Waals surface area (Å²) >= 11 is 0. The highest BCUT2D eigenvalue weighted by atomic mass is 32.2. The van der Waals surface area contributed by atoms with E-state index in [1.807, 2.05) is 38.1 Å². The number of aryl methyl sites for hydroxylation is 3. The smallest absolute Gasteiger partial charge is 0.241 e. The third-order valence-electron chi connectivity index (χ3n) is 5.17. The van der Waals surface area contributed by atoms with Gasteiger partial charge in [-0.05, 0) is 67.5 Å². The van der Waals surface area contributed by atoms with Gasteiger partial charge >= 0.3 is 0 Å². The third kappa shape index (κ3) is 4.50. The van der Waals surface area contributed by atoms with Crippen LogP contribution in [0.3, 0.4) is 0 Å². The molecule has 1 aliphatic carbocycles. The van der Waals surface area contributed by atoms with Crippen LogP contribution in [0.2, 0.25) is 0 Å². The predicted molar refractivity (Wildman–Crippen MR) is 108 cm³/mol. The van der Waals surface area contributed by atoms with Crippen molar-refractivity contribution in [1.29, 1.82) is 0 Å². The van der Waals surface area contributed by atoms with Gasteiger partial charge in [0.1, 0.15) is 6.54 Å². The molecule has 0 spiro atoms. The topological polar surface area (TPSA) is 66.5 Å². The summed E-state index contributed by atoms with van der Waals surface area (Å²) in [6.45, 7) is 3.68. The van der Waals surface area contributed by atoms with Crippen molar-refractivity contribution < 1.29 is 13.2 Å². The van der Waals surface area contributed by atoms with Crippen LogP contribution in [0.25, 0.3) is 0 Å². The van der Waals surface area contributed by atoms with Crippen molar-refractivity contribution in [3.05, 3.63) is 64.7 Å². The van der Waals surface area contributed by atoms with Crippen LogP contribution in [0.4, 0.5) is 5.69 Å². The number of benzene rings is 2. The van der Waals surface area contributed by atoms with Crippen LogP contribution < -0.4 is 9.62 Å². The molecule has 1 aliphatic rings. The number of fused-ring (bicyclic) bond motifs is 1. The lowest BCUT2D eigenvalue weighted by Crippen LogP contribution is -2.42. The lowest BCUT2D eigenvalue weighted by molar-refractivity contribution is -0.120. The van der Waals surface area contributed by atoms with E-state index in [1.165, 1.54) is 9.87 Å². The third-order valence-corrected chi connectivity index (χ3v) is 6.31. The van der Waals surface area contributed by atoms with Crippen LogP contribution in [-0.4, -0.2) is 27.1 Å². The fourth-order valence-corrected chi connectivity index (χ4v) is 4.40. The predicted octanol–water partition coefficient (Wildman–Crippen LogP) is 3.26. The first-order valence-electron chi connectivity index (χ1n) is 9.18. The molecule has 5 nitrogen and oxygen atoms in total. The molecule has 144 valence electrons. The quantitative estimate of drug-likeness (QED) is 0.858. The van der Waals surface area contributed by atoms with E-state index >= 15 is 0 Å². The average molecular weight is 387 g/mol. The molecule has 0 fully saturated rings. The first-order chi connectivity index (χ1) is 12.8. The van der Waals surface area contributed by atoms with Gasteiger partial charge in [0.05, 0.1) is 18.0 Å². The lowest BCUT2D eigenvalue weighted by Gasteiger charge is -2.28. The average Bonchev–Trinajstić information content (AvgIpc) is 2.61. The zero-order valence-electron chi connectivity index (χ0n) is 16.0. The summed E-state index contributed by atoms with van der Waals surface area (Å²) in [5, 5.41) is 3.03. The van der Waals surface area contributed by atoms with Crippen molar-refractivity contribution in [3.63, 3.8) is 0 Å². The van der Waals surface area contributed by atoms with Crippen LogP contribution in [0, 0.1) is 13.8 Å². The number of sulfonamides is 1. The van der Waals surface area contributed by atoms with Crippen molar-refractivity contribution in [3.8, 4) is 0 Å². The van der Waals surface area contributed by atoms with E-state index in [0.717, 1.165) is 42.2 Å². The molecular formula is C21H26N2O3S. The van der Waals surface area contributed by atoms with Crippen LogP contribution in [0.1, 0.15) is 41.1 Å². The Hall–Kier alpha value is -2.34. The van der Waals surface area contributed by atoms with Gasteiger partial charge in [0.2, 0.25) is 15.9 Å². The molecule has 6 heteroatoms. The molecule has 0 bridgehead atoms. The van der Waals surface area contributed by atoms with E-state index < -0.39 is 10.0 Å². The van der Waals surface area contributed by atoms with Crippen LogP contribution in [0.15, 0.2) is 42.5 Å². The number of rotatable bonds is 5. The van der Waals surface area contributed by atoms with Gasteiger partial charge in [-0.25, -0.2) is 8.42 Å². The Bertz CT molecular complexity index is 954. The molecule has 0 saturated carbocycles. The molecule has 0 heterocycles. The van der Waals surface area contributed by atoms with Gasteiger partial charge in [-0.1, -0.05) is 30.3 Å². The van der Waals surface area contributed by atoms with Gasteiger partial charge < -0.3 is 5.32 Å².